The predicted octanol–water partition coefficient (Wildman–Crippen LogP) is 6.02. The van der Waals surface area contributed by atoms with E-state index >= 15 is 0 Å². The third-order valence-corrected chi connectivity index (χ3v) is 6.12. The van der Waals surface area contributed by atoms with E-state index in [0.29, 0.717) is 29.1 Å². The third kappa shape index (κ3) is 3.57. The molecule has 0 aliphatic rings. The highest BCUT2D eigenvalue weighted by Gasteiger charge is 2.22. The van der Waals surface area contributed by atoms with Gasteiger partial charge in [0.05, 0.1) is 36.5 Å². The van der Waals surface area contributed by atoms with E-state index in [4.69, 9.17) is 14.5 Å². The molecule has 0 saturated heterocycles. The summed E-state index contributed by atoms with van der Waals surface area (Å²) < 4.78 is 13.1. The van der Waals surface area contributed by atoms with Crippen LogP contribution in [0.5, 0.6) is 11.5 Å². The van der Waals surface area contributed by atoms with Gasteiger partial charge >= 0.3 is 0 Å². The largest absolute Gasteiger partial charge is 0.497 e. The maximum absolute atomic E-state index is 10.1. The number of fused-ring (bicyclic) bond motifs is 3. The molecule has 5 rings (SSSR count). The first-order valence-electron chi connectivity index (χ1n) is 11.0. The van der Waals surface area contributed by atoms with E-state index in [2.05, 4.69) is 23.5 Å². The normalized spacial score (nSPS) is 10.9. The molecule has 2 aromatic heterocycles. The summed E-state index contributed by atoms with van der Waals surface area (Å²) in [6.07, 6.45) is 0.651. The van der Waals surface area contributed by atoms with Crippen LogP contribution in [-0.4, -0.2) is 23.6 Å². The van der Waals surface area contributed by atoms with E-state index in [9.17, 15) is 5.26 Å². The van der Waals surface area contributed by atoms with Crippen LogP contribution < -0.4 is 14.8 Å². The van der Waals surface area contributed by atoms with E-state index < -0.39 is 0 Å². The fourth-order valence-corrected chi connectivity index (χ4v) is 4.37. The molecule has 34 heavy (non-hydrogen) atoms. The second-order valence-electron chi connectivity index (χ2n) is 8.05. The lowest BCUT2D eigenvalue weighted by Crippen LogP contribution is -2.09. The molecule has 0 fully saturated rings. The monoisotopic (exact) mass is 448 g/mol. The number of anilines is 2. The Morgan fingerprint density at radius 3 is 2.47 bits per heavy atom. The summed E-state index contributed by atoms with van der Waals surface area (Å²) in [6.45, 7) is 1.99. The van der Waals surface area contributed by atoms with Gasteiger partial charge in [0.15, 0.2) is 5.65 Å². The first-order chi connectivity index (χ1) is 16.6. The molecule has 0 bridgehead atoms. The van der Waals surface area contributed by atoms with Gasteiger partial charge in [-0.3, -0.25) is 4.40 Å². The number of nitrogens with zero attached hydrogens (tertiary/aromatic N) is 3. The highest BCUT2D eigenvalue weighted by Crippen LogP contribution is 2.37. The number of nitrogens with one attached hydrogen (secondary N) is 1. The van der Waals surface area contributed by atoms with Gasteiger partial charge in [-0.1, -0.05) is 42.5 Å². The molecule has 1 N–H and O–H groups in total. The molecule has 3 aromatic carbocycles. The van der Waals surface area contributed by atoms with E-state index in [0.717, 1.165) is 39.2 Å². The van der Waals surface area contributed by atoms with Crippen molar-refractivity contribution >= 4 is 28.2 Å². The number of benzene rings is 3. The van der Waals surface area contributed by atoms with Crippen LogP contribution >= 0.6 is 0 Å². The number of methoxy groups -OCH3 is 2. The van der Waals surface area contributed by atoms with Gasteiger partial charge in [0.25, 0.3) is 0 Å². The average molecular weight is 449 g/mol. The summed E-state index contributed by atoms with van der Waals surface area (Å²) in [4.78, 5) is 4.82. The number of hydrogen-bond acceptors (Lipinski definition) is 5. The average Bonchev–Trinajstić information content (AvgIpc) is 3.26. The van der Waals surface area contributed by atoms with Gasteiger partial charge < -0.3 is 14.8 Å². The minimum atomic E-state index is 0.574. The van der Waals surface area contributed by atoms with Gasteiger partial charge in [-0.25, -0.2) is 4.98 Å². The zero-order valence-corrected chi connectivity index (χ0v) is 19.3. The quantitative estimate of drug-likeness (QED) is 0.344. The fraction of sp³-hybridized carbons (Fsp3) is 0.143. The summed E-state index contributed by atoms with van der Waals surface area (Å²) in [7, 11) is 3.28. The highest BCUT2D eigenvalue weighted by molar-refractivity contribution is 5.87. The van der Waals surface area contributed by atoms with Crippen LogP contribution in [0, 0.1) is 18.3 Å². The molecule has 0 aliphatic carbocycles. The van der Waals surface area contributed by atoms with Crippen LogP contribution in [0.15, 0.2) is 72.8 Å². The van der Waals surface area contributed by atoms with Crippen LogP contribution in [0.25, 0.3) is 16.7 Å². The van der Waals surface area contributed by atoms with Crippen molar-refractivity contribution < 1.29 is 9.47 Å². The topological polar surface area (TPSA) is 71.6 Å². The van der Waals surface area contributed by atoms with E-state index in [-0.39, 0.29) is 0 Å². The summed E-state index contributed by atoms with van der Waals surface area (Å²) in [5.74, 6) is 2.24. The van der Waals surface area contributed by atoms with Gasteiger partial charge in [0, 0.05) is 18.1 Å². The third-order valence-electron chi connectivity index (χ3n) is 6.12. The van der Waals surface area contributed by atoms with Crippen molar-refractivity contribution in [3.63, 3.8) is 0 Å². The van der Waals surface area contributed by atoms with Crippen molar-refractivity contribution in [3.05, 3.63) is 95.1 Å². The van der Waals surface area contributed by atoms with Crippen molar-refractivity contribution in [3.8, 4) is 17.6 Å². The SMILES string of the molecule is COc1ccc(OC)c(Nc2c(Cc3ccccc3)c(C)c(C#N)c3nc4ccccc4n23)c1. The smallest absolute Gasteiger partial charge is 0.157 e. The Morgan fingerprint density at radius 2 is 1.74 bits per heavy atom. The maximum Gasteiger partial charge on any atom is 0.157 e. The molecule has 5 aromatic rings. The van der Waals surface area contributed by atoms with Crippen LogP contribution in [-0.2, 0) is 6.42 Å². The molecule has 0 unspecified atom stereocenters. The van der Waals surface area contributed by atoms with Gasteiger partial charge in [-0.05, 0) is 42.3 Å². The lowest BCUT2D eigenvalue weighted by Gasteiger charge is -2.20. The Morgan fingerprint density at radius 1 is 0.971 bits per heavy atom. The van der Waals surface area contributed by atoms with Crippen molar-refractivity contribution in [2.45, 2.75) is 13.3 Å². The molecule has 0 aliphatic heterocycles. The molecular weight excluding hydrogens is 424 g/mol. The zero-order valence-electron chi connectivity index (χ0n) is 19.3. The Labute approximate surface area is 198 Å². The fourth-order valence-electron chi connectivity index (χ4n) is 4.37. The Kier molecular flexibility index (Phi) is 5.52. The number of hydrogen-bond donors (Lipinski definition) is 1. The lowest BCUT2D eigenvalue weighted by atomic mass is 9.97. The summed E-state index contributed by atoms with van der Waals surface area (Å²) in [6, 6.07) is 26.2. The maximum atomic E-state index is 10.1. The minimum absolute atomic E-state index is 0.574. The minimum Gasteiger partial charge on any atom is -0.497 e. The van der Waals surface area contributed by atoms with Gasteiger partial charge in [0.1, 0.15) is 23.4 Å². The summed E-state index contributed by atoms with van der Waals surface area (Å²) in [5.41, 5.74) is 6.79. The second kappa shape index (κ2) is 8.80. The van der Waals surface area contributed by atoms with Crippen molar-refractivity contribution in [2.24, 2.45) is 0 Å². The standard InChI is InChI=1S/C28H24N4O2/c1-18-21(15-19-9-5-4-6-10-19)27(31-24-16-20(33-2)13-14-26(24)34-3)32-25-12-8-7-11-23(25)30-28(32)22(18)17-29/h4-14,16,31H,15H2,1-3H3. The lowest BCUT2D eigenvalue weighted by molar-refractivity contribution is 0.405. The van der Waals surface area contributed by atoms with Gasteiger partial charge in [-0.2, -0.15) is 5.26 Å². The van der Waals surface area contributed by atoms with Crippen molar-refractivity contribution in [2.75, 3.05) is 19.5 Å². The van der Waals surface area contributed by atoms with Crippen LogP contribution in [0.3, 0.4) is 0 Å². The molecule has 0 saturated carbocycles. The predicted molar refractivity (Wildman–Crippen MR) is 134 cm³/mol. The second-order valence-corrected chi connectivity index (χ2v) is 8.05. The molecule has 0 radical (unpaired) electrons. The van der Waals surface area contributed by atoms with E-state index in [1.165, 1.54) is 0 Å². The van der Waals surface area contributed by atoms with Crippen LogP contribution in [0.1, 0.15) is 22.3 Å². The number of para-hydroxylation sites is 2. The first kappa shape index (κ1) is 21.4. The summed E-state index contributed by atoms with van der Waals surface area (Å²) in [5, 5.41) is 13.7. The molecule has 2 heterocycles. The highest BCUT2D eigenvalue weighted by atomic mass is 16.5. The Balaban J connectivity index is 1.84. The van der Waals surface area contributed by atoms with Crippen LogP contribution in [0.2, 0.25) is 0 Å². The zero-order chi connectivity index (χ0) is 23.7. The molecule has 6 heteroatoms. The van der Waals surface area contributed by atoms with E-state index in [1.54, 1.807) is 14.2 Å². The Hall–Kier alpha value is -4.50. The van der Waals surface area contributed by atoms with E-state index in [1.807, 2.05) is 72.0 Å². The van der Waals surface area contributed by atoms with Gasteiger partial charge in [-0.15, -0.1) is 0 Å². The Bertz CT molecular complexity index is 1550. The number of rotatable bonds is 6. The molecule has 6 nitrogen and oxygen atoms in total. The molecular formula is C28H24N4O2. The molecule has 168 valence electrons. The van der Waals surface area contributed by atoms with Crippen molar-refractivity contribution in [1.82, 2.24) is 9.38 Å². The number of pyridine rings is 1. The number of ether oxygens (including phenoxy) is 2. The number of imidazole rings is 1. The summed E-state index contributed by atoms with van der Waals surface area (Å²) >= 11 is 0. The first-order valence-corrected chi connectivity index (χ1v) is 11.0. The molecule has 0 atom stereocenters. The van der Waals surface area contributed by atoms with Gasteiger partial charge in [0.2, 0.25) is 0 Å². The van der Waals surface area contributed by atoms with Crippen molar-refractivity contribution in [1.29, 1.82) is 5.26 Å². The number of nitriles is 1. The number of aromatic nitrogens is 2. The molecule has 0 spiro atoms. The molecule has 0 amide bonds. The van der Waals surface area contributed by atoms with Crippen LogP contribution in [0.4, 0.5) is 11.5 Å².